The van der Waals surface area contributed by atoms with Gasteiger partial charge in [-0.25, -0.2) is 4.99 Å². The minimum absolute atomic E-state index is 0.235. The number of nitrogens with zero attached hydrogens (tertiary/aromatic N) is 3. The number of aliphatic imine (C=N–C) groups is 1. The zero-order chi connectivity index (χ0) is 17.4. The van der Waals surface area contributed by atoms with Crippen LogP contribution in [0.2, 0.25) is 0 Å². The molecule has 134 valence electrons. The molecule has 25 heavy (non-hydrogen) atoms. The van der Waals surface area contributed by atoms with E-state index in [-0.39, 0.29) is 11.1 Å². The predicted molar refractivity (Wildman–Crippen MR) is 90.6 cm³/mol. The van der Waals surface area contributed by atoms with Gasteiger partial charge in [-0.05, 0) is 12.5 Å². The fraction of sp³-hybridized carbons (Fsp3) is 0.562. The third kappa shape index (κ3) is 2.89. The first-order chi connectivity index (χ1) is 12.1. The Kier molecular flexibility index (Phi) is 3.97. The Hall–Kier alpha value is -2.39. The first kappa shape index (κ1) is 16.1. The van der Waals surface area contributed by atoms with Crippen molar-refractivity contribution in [2.45, 2.75) is 25.4 Å². The second kappa shape index (κ2) is 6.16. The molecule has 1 saturated heterocycles. The number of piperidine rings is 1. The van der Waals surface area contributed by atoms with Crippen molar-refractivity contribution in [2.24, 2.45) is 10.9 Å². The van der Waals surface area contributed by atoms with E-state index in [0.717, 1.165) is 12.8 Å². The summed E-state index contributed by atoms with van der Waals surface area (Å²) in [5.74, 6) is 0.776. The highest BCUT2D eigenvalue weighted by Gasteiger charge is 2.49. The van der Waals surface area contributed by atoms with Gasteiger partial charge in [0.05, 0.1) is 20.2 Å². The van der Waals surface area contributed by atoms with Gasteiger partial charge < -0.3 is 24.2 Å². The first-order valence-corrected chi connectivity index (χ1v) is 8.45. The highest BCUT2D eigenvalue weighted by atomic mass is 16.6. The number of nitrogens with one attached hydrogen (secondary N) is 2. The van der Waals surface area contributed by atoms with Crippen molar-refractivity contribution in [1.82, 2.24) is 9.97 Å². The van der Waals surface area contributed by atoms with Crippen molar-refractivity contribution in [1.29, 1.82) is 0 Å². The summed E-state index contributed by atoms with van der Waals surface area (Å²) in [6, 6.07) is 4.07. The number of aromatic nitrogens is 2. The average molecular weight is 347 g/mol. The third-order valence-corrected chi connectivity index (χ3v) is 4.95. The van der Waals surface area contributed by atoms with E-state index in [2.05, 4.69) is 27.2 Å². The first-order valence-electron chi connectivity index (χ1n) is 8.45. The van der Waals surface area contributed by atoms with Gasteiger partial charge in [0.1, 0.15) is 12.1 Å². The molecule has 4 rings (SSSR count). The molecule has 0 radical (unpaired) electrons. The third-order valence-electron chi connectivity index (χ3n) is 4.95. The molecule has 1 spiro atoms. The minimum Gasteiger partial charge on any atom is -0.634 e. The number of methoxy groups -OCH3 is 1. The van der Waals surface area contributed by atoms with Gasteiger partial charge in [0.2, 0.25) is 5.88 Å². The number of fused-ring (bicyclic) bond motifs is 1. The molecule has 0 amide bonds. The molecule has 2 unspecified atom stereocenters. The van der Waals surface area contributed by atoms with Crippen molar-refractivity contribution in [3.05, 3.63) is 17.3 Å². The van der Waals surface area contributed by atoms with Crippen LogP contribution in [-0.4, -0.2) is 48.3 Å². The average Bonchev–Trinajstić information content (AvgIpc) is 3.18. The number of ether oxygens (including phenoxy) is 2. The molecule has 0 aliphatic carbocycles. The van der Waals surface area contributed by atoms with Gasteiger partial charge in [0.25, 0.3) is 11.7 Å². The maximum atomic E-state index is 11.9. The normalized spacial score (nSPS) is 28.8. The zero-order valence-electron chi connectivity index (χ0n) is 14.2. The fourth-order valence-electron chi connectivity index (χ4n) is 3.63. The van der Waals surface area contributed by atoms with Crippen molar-refractivity contribution >= 4 is 23.3 Å². The number of hydroxylamine groups is 2. The summed E-state index contributed by atoms with van der Waals surface area (Å²) in [5, 5.41) is 15.1. The van der Waals surface area contributed by atoms with Gasteiger partial charge >= 0.3 is 6.01 Å². The fourth-order valence-corrected chi connectivity index (χ4v) is 3.63. The molecule has 9 heteroatoms. The SMILES string of the molecule is CCC1CC[NH+]([O-])C[C@@]12CN=C(Nc1nc3ccc(OC)nc3o1)O2. The number of amidine groups is 1. The van der Waals surface area contributed by atoms with Crippen LogP contribution in [0.5, 0.6) is 5.88 Å². The molecule has 0 bridgehead atoms. The van der Waals surface area contributed by atoms with Gasteiger partial charge in [-0.3, -0.25) is 5.32 Å². The molecule has 2 aromatic rings. The molecule has 1 fully saturated rings. The summed E-state index contributed by atoms with van der Waals surface area (Å²) in [7, 11) is 1.54. The number of hydrogen-bond donors (Lipinski definition) is 2. The molecular formula is C16H21N5O4. The van der Waals surface area contributed by atoms with Crippen LogP contribution in [0.1, 0.15) is 19.8 Å². The van der Waals surface area contributed by atoms with Crippen LogP contribution in [0.15, 0.2) is 21.5 Å². The second-order valence-corrected chi connectivity index (χ2v) is 6.47. The Bertz CT molecular complexity index is 807. The highest BCUT2D eigenvalue weighted by molar-refractivity contribution is 5.89. The molecular weight excluding hydrogens is 326 g/mol. The lowest BCUT2D eigenvalue weighted by Gasteiger charge is -2.43. The molecule has 0 saturated carbocycles. The molecule has 3 atom stereocenters. The lowest BCUT2D eigenvalue weighted by atomic mass is 9.80. The van der Waals surface area contributed by atoms with Crippen LogP contribution in [-0.2, 0) is 4.74 Å². The Balaban J connectivity index is 1.50. The molecule has 4 heterocycles. The maximum absolute atomic E-state index is 11.9. The molecule has 2 N–H and O–H groups in total. The van der Waals surface area contributed by atoms with Crippen LogP contribution < -0.4 is 15.1 Å². The summed E-state index contributed by atoms with van der Waals surface area (Å²) in [5.41, 5.74) is 0.449. The zero-order valence-corrected chi connectivity index (χ0v) is 14.2. The molecule has 9 nitrogen and oxygen atoms in total. The van der Waals surface area contributed by atoms with E-state index in [1.165, 1.54) is 0 Å². The van der Waals surface area contributed by atoms with Gasteiger partial charge in [0, 0.05) is 18.4 Å². The summed E-state index contributed by atoms with van der Waals surface area (Å²) in [4.78, 5) is 12.9. The maximum Gasteiger partial charge on any atom is 0.305 e. The number of rotatable bonds is 3. The Morgan fingerprint density at radius 1 is 1.44 bits per heavy atom. The van der Waals surface area contributed by atoms with Crippen LogP contribution in [0.25, 0.3) is 11.2 Å². The van der Waals surface area contributed by atoms with Crippen molar-refractivity contribution in [2.75, 3.05) is 32.1 Å². The Morgan fingerprint density at radius 2 is 2.32 bits per heavy atom. The quantitative estimate of drug-likeness (QED) is 0.782. The van der Waals surface area contributed by atoms with Crippen LogP contribution in [0.3, 0.4) is 0 Å². The van der Waals surface area contributed by atoms with E-state index in [1.807, 2.05) is 0 Å². The van der Waals surface area contributed by atoms with Gasteiger partial charge in [-0.2, -0.15) is 9.97 Å². The van der Waals surface area contributed by atoms with Crippen LogP contribution in [0, 0.1) is 11.1 Å². The number of hydrogen-bond acceptors (Lipinski definition) is 8. The van der Waals surface area contributed by atoms with E-state index in [0.29, 0.717) is 48.7 Å². The van der Waals surface area contributed by atoms with E-state index in [1.54, 1.807) is 19.2 Å². The Morgan fingerprint density at radius 3 is 3.12 bits per heavy atom. The second-order valence-electron chi connectivity index (χ2n) is 6.47. The molecule has 0 aromatic carbocycles. The number of quaternary nitrogens is 1. The van der Waals surface area contributed by atoms with Gasteiger partial charge in [0.15, 0.2) is 5.60 Å². The number of oxazole rings is 1. The van der Waals surface area contributed by atoms with E-state index in [9.17, 15) is 5.21 Å². The van der Waals surface area contributed by atoms with Crippen molar-refractivity contribution in [3.8, 4) is 5.88 Å². The highest BCUT2D eigenvalue weighted by Crippen LogP contribution is 2.33. The topological polar surface area (TPSA) is 109 Å². The molecule has 2 aliphatic rings. The van der Waals surface area contributed by atoms with E-state index in [4.69, 9.17) is 13.9 Å². The monoisotopic (exact) mass is 347 g/mol. The van der Waals surface area contributed by atoms with Crippen molar-refractivity contribution in [3.63, 3.8) is 0 Å². The van der Waals surface area contributed by atoms with Crippen LogP contribution in [0.4, 0.5) is 6.01 Å². The molecule has 2 aromatic heterocycles. The summed E-state index contributed by atoms with van der Waals surface area (Å²) in [6.07, 6.45) is 1.81. The predicted octanol–water partition coefficient (Wildman–Crippen LogP) is 0.581. The summed E-state index contributed by atoms with van der Waals surface area (Å²) < 4.78 is 16.7. The van der Waals surface area contributed by atoms with Crippen LogP contribution >= 0.6 is 0 Å². The lowest BCUT2D eigenvalue weighted by molar-refractivity contribution is -0.863. The summed E-state index contributed by atoms with van der Waals surface area (Å²) in [6.45, 7) is 3.64. The van der Waals surface area contributed by atoms with Gasteiger partial charge in [-0.1, -0.05) is 6.92 Å². The number of anilines is 1. The molecule has 2 aliphatic heterocycles. The smallest absolute Gasteiger partial charge is 0.305 e. The minimum atomic E-state index is -0.528. The van der Waals surface area contributed by atoms with Crippen molar-refractivity contribution < 1.29 is 19.0 Å². The standard InChI is InChI=1S/C16H21N5O4/c1-3-10-6-7-21(22)9-16(10)8-17-14(25-16)20-15-18-11-4-5-12(23-2)19-13(11)24-15/h4-5,10,21H,3,6-9H2,1-2H3,(H,17,18,20)/t10?,16-/m0/s1. The van der Waals surface area contributed by atoms with Gasteiger partial charge in [-0.15, -0.1) is 0 Å². The van der Waals surface area contributed by atoms with E-state index < -0.39 is 5.60 Å². The Labute approximate surface area is 144 Å². The van der Waals surface area contributed by atoms with E-state index >= 15 is 0 Å². The summed E-state index contributed by atoms with van der Waals surface area (Å²) >= 11 is 0. The lowest BCUT2D eigenvalue weighted by Crippen LogP contribution is -3.11. The number of pyridine rings is 1. The largest absolute Gasteiger partial charge is 0.634 e.